The van der Waals surface area contributed by atoms with Crippen LogP contribution in [0.15, 0.2) is 72.2 Å². The van der Waals surface area contributed by atoms with E-state index in [4.69, 9.17) is 9.47 Å². The summed E-state index contributed by atoms with van der Waals surface area (Å²) in [5.74, 6) is 1.21. The van der Waals surface area contributed by atoms with Crippen LogP contribution in [0.25, 0.3) is 5.57 Å². The SMILES string of the molecule is COc1ccc(C2=CC(=O)N3C=C(N4CC[C@H](N(C)C)C4)C=C/C3=C\C=C2)cc1OC. The molecule has 0 aliphatic carbocycles. The van der Waals surface area contributed by atoms with Crippen molar-refractivity contribution in [2.75, 3.05) is 41.4 Å². The average Bonchev–Trinajstić information content (AvgIpc) is 3.27. The molecule has 0 unspecified atom stereocenters. The first kappa shape index (κ1) is 21.0. The first-order valence-electron chi connectivity index (χ1n) is 10.5. The van der Waals surface area contributed by atoms with Crippen molar-refractivity contribution < 1.29 is 14.3 Å². The minimum Gasteiger partial charge on any atom is -0.493 e. The fourth-order valence-electron chi connectivity index (χ4n) is 4.11. The summed E-state index contributed by atoms with van der Waals surface area (Å²) >= 11 is 0. The molecule has 1 atom stereocenters. The molecule has 0 N–H and O–H groups in total. The Morgan fingerprint density at radius 3 is 2.52 bits per heavy atom. The first-order chi connectivity index (χ1) is 15.0. The van der Waals surface area contributed by atoms with Gasteiger partial charge >= 0.3 is 0 Å². The summed E-state index contributed by atoms with van der Waals surface area (Å²) in [5, 5.41) is 0. The molecule has 1 fully saturated rings. The van der Waals surface area contributed by atoms with Crippen molar-refractivity contribution in [2.24, 2.45) is 0 Å². The quantitative estimate of drug-likeness (QED) is 0.732. The molecule has 0 radical (unpaired) electrons. The number of likely N-dealkylation sites (N-methyl/N-ethyl adjacent to an activating group) is 1. The summed E-state index contributed by atoms with van der Waals surface area (Å²) in [6, 6.07) is 6.20. The Bertz CT molecular complexity index is 1020. The Kier molecular flexibility index (Phi) is 6.00. The summed E-state index contributed by atoms with van der Waals surface area (Å²) in [7, 11) is 7.45. The molecule has 0 bridgehead atoms. The lowest BCUT2D eigenvalue weighted by Crippen LogP contribution is -2.33. The summed E-state index contributed by atoms with van der Waals surface area (Å²) in [6.07, 6.45) is 14.7. The molecule has 3 heterocycles. The number of allylic oxidation sites excluding steroid dienone is 6. The number of hydrogen-bond acceptors (Lipinski definition) is 5. The van der Waals surface area contributed by atoms with Crippen LogP contribution in [-0.2, 0) is 4.79 Å². The van der Waals surface area contributed by atoms with Crippen molar-refractivity contribution in [1.29, 1.82) is 0 Å². The number of carbonyl (C=O) groups is 1. The second-order valence-corrected chi connectivity index (χ2v) is 8.07. The predicted octanol–water partition coefficient (Wildman–Crippen LogP) is 3.42. The number of ether oxygens (including phenoxy) is 2. The van der Waals surface area contributed by atoms with Gasteiger partial charge in [0.2, 0.25) is 0 Å². The molecule has 0 aromatic heterocycles. The maximum absolute atomic E-state index is 13.2. The van der Waals surface area contributed by atoms with E-state index in [2.05, 4.69) is 30.0 Å². The Morgan fingerprint density at radius 1 is 1.03 bits per heavy atom. The number of amides is 1. The maximum Gasteiger partial charge on any atom is 0.255 e. The van der Waals surface area contributed by atoms with E-state index in [0.717, 1.165) is 42.0 Å². The molecule has 1 aromatic rings. The van der Waals surface area contributed by atoms with Gasteiger partial charge in [0.25, 0.3) is 5.91 Å². The number of nitrogens with zero attached hydrogens (tertiary/aromatic N) is 3. The van der Waals surface area contributed by atoms with Crippen LogP contribution < -0.4 is 9.47 Å². The van der Waals surface area contributed by atoms with Crippen molar-refractivity contribution in [1.82, 2.24) is 14.7 Å². The van der Waals surface area contributed by atoms with Crippen molar-refractivity contribution in [3.63, 3.8) is 0 Å². The predicted molar refractivity (Wildman–Crippen MR) is 122 cm³/mol. The summed E-state index contributed by atoms with van der Waals surface area (Å²) in [6.45, 7) is 1.96. The molecule has 1 amide bonds. The van der Waals surface area contributed by atoms with Gasteiger partial charge in [-0.1, -0.05) is 18.2 Å². The zero-order chi connectivity index (χ0) is 22.0. The highest BCUT2D eigenvalue weighted by atomic mass is 16.5. The highest BCUT2D eigenvalue weighted by molar-refractivity contribution is 6.00. The lowest BCUT2D eigenvalue weighted by molar-refractivity contribution is -0.122. The number of carbonyl (C=O) groups excluding carboxylic acids is 1. The Balaban J connectivity index is 1.62. The molecule has 6 nitrogen and oxygen atoms in total. The highest BCUT2D eigenvalue weighted by Gasteiger charge is 2.27. The molecule has 3 aliphatic rings. The maximum atomic E-state index is 13.2. The third kappa shape index (κ3) is 4.30. The van der Waals surface area contributed by atoms with Crippen molar-refractivity contribution in [2.45, 2.75) is 12.5 Å². The molecule has 4 rings (SSSR count). The Hall–Kier alpha value is -3.25. The zero-order valence-electron chi connectivity index (χ0n) is 18.5. The van der Waals surface area contributed by atoms with Crippen molar-refractivity contribution in [3.05, 3.63) is 77.8 Å². The molecular formula is C25H29N3O3. The Morgan fingerprint density at radius 2 is 1.81 bits per heavy atom. The summed E-state index contributed by atoms with van der Waals surface area (Å²) in [4.78, 5) is 19.5. The van der Waals surface area contributed by atoms with Gasteiger partial charge in [-0.15, -0.1) is 0 Å². The van der Waals surface area contributed by atoms with E-state index in [9.17, 15) is 4.79 Å². The van der Waals surface area contributed by atoms with Gasteiger partial charge in [-0.25, -0.2) is 0 Å². The minimum atomic E-state index is -0.0782. The van der Waals surface area contributed by atoms with E-state index in [1.165, 1.54) is 0 Å². The third-order valence-electron chi connectivity index (χ3n) is 6.00. The van der Waals surface area contributed by atoms with Gasteiger partial charge in [0, 0.05) is 37.1 Å². The van der Waals surface area contributed by atoms with Crippen LogP contribution in [0.2, 0.25) is 0 Å². The van der Waals surface area contributed by atoms with E-state index in [1.54, 1.807) is 25.2 Å². The average molecular weight is 420 g/mol. The lowest BCUT2D eigenvalue weighted by Gasteiger charge is -2.29. The molecule has 6 heteroatoms. The molecule has 162 valence electrons. The van der Waals surface area contributed by atoms with E-state index in [1.807, 2.05) is 48.7 Å². The summed E-state index contributed by atoms with van der Waals surface area (Å²) in [5.41, 5.74) is 3.64. The fourth-order valence-corrected chi connectivity index (χ4v) is 4.11. The molecule has 0 saturated carbocycles. The molecule has 1 aromatic carbocycles. The van der Waals surface area contributed by atoms with Crippen LogP contribution >= 0.6 is 0 Å². The van der Waals surface area contributed by atoms with Gasteiger partial charge < -0.3 is 19.3 Å². The van der Waals surface area contributed by atoms with Crippen LogP contribution in [0.3, 0.4) is 0 Å². The largest absolute Gasteiger partial charge is 0.493 e. The molecule has 3 aliphatic heterocycles. The number of rotatable bonds is 5. The molecule has 1 saturated heterocycles. The van der Waals surface area contributed by atoms with E-state index in [0.29, 0.717) is 17.5 Å². The van der Waals surface area contributed by atoms with Crippen molar-refractivity contribution in [3.8, 4) is 11.5 Å². The number of benzene rings is 1. The summed E-state index contributed by atoms with van der Waals surface area (Å²) < 4.78 is 10.7. The Labute approximate surface area is 184 Å². The standard InChI is InChI=1S/C25H29N3O3/c1-26(2)21-12-13-27(16-21)22-10-9-20-7-5-6-18(15-25(29)28(20)17-22)19-8-11-23(30-3)24(14-19)31-4/h5-11,14-15,17,21H,12-13,16H2,1-4H3/b6-5?,18-15?,20-7+/t21-/m0/s1. The van der Waals surface area contributed by atoms with Crippen LogP contribution in [0.1, 0.15) is 12.0 Å². The minimum absolute atomic E-state index is 0.0782. The van der Waals surface area contributed by atoms with Crippen molar-refractivity contribution >= 4 is 11.5 Å². The highest BCUT2D eigenvalue weighted by Crippen LogP contribution is 2.32. The zero-order valence-corrected chi connectivity index (χ0v) is 18.5. The van der Waals surface area contributed by atoms with Gasteiger partial charge in [0.1, 0.15) is 0 Å². The topological polar surface area (TPSA) is 45.2 Å². The van der Waals surface area contributed by atoms with Crippen LogP contribution in [0, 0.1) is 0 Å². The van der Waals surface area contributed by atoms with Crippen LogP contribution in [0.5, 0.6) is 11.5 Å². The third-order valence-corrected chi connectivity index (χ3v) is 6.00. The molecule has 31 heavy (non-hydrogen) atoms. The molecule has 0 spiro atoms. The number of hydrogen-bond donors (Lipinski definition) is 0. The van der Waals surface area contributed by atoms with Gasteiger partial charge in [-0.3, -0.25) is 9.69 Å². The smallest absolute Gasteiger partial charge is 0.255 e. The fraction of sp³-hybridized carbons (Fsp3) is 0.320. The number of likely N-dealkylation sites (tertiary alicyclic amines) is 1. The van der Waals surface area contributed by atoms with Gasteiger partial charge in [-0.2, -0.15) is 0 Å². The second kappa shape index (κ2) is 8.86. The van der Waals surface area contributed by atoms with Crippen LogP contribution in [-0.4, -0.2) is 68.1 Å². The number of fused-ring (bicyclic) bond motifs is 1. The van der Waals surface area contributed by atoms with Gasteiger partial charge in [0.15, 0.2) is 11.5 Å². The number of methoxy groups -OCH3 is 2. The van der Waals surface area contributed by atoms with E-state index in [-0.39, 0.29) is 5.91 Å². The van der Waals surface area contributed by atoms with E-state index < -0.39 is 0 Å². The van der Waals surface area contributed by atoms with E-state index >= 15 is 0 Å². The lowest BCUT2D eigenvalue weighted by atomic mass is 10.0. The van der Waals surface area contributed by atoms with Gasteiger partial charge in [0.05, 0.1) is 19.9 Å². The first-order valence-corrected chi connectivity index (χ1v) is 10.5. The van der Waals surface area contributed by atoms with Gasteiger partial charge in [-0.05, 0) is 62.0 Å². The second-order valence-electron chi connectivity index (χ2n) is 8.07. The normalized spacial score (nSPS) is 22.4. The van der Waals surface area contributed by atoms with Crippen LogP contribution in [0.4, 0.5) is 0 Å². The molecular weight excluding hydrogens is 390 g/mol. The monoisotopic (exact) mass is 419 g/mol.